The third kappa shape index (κ3) is 3.86. The first-order valence-electron chi connectivity index (χ1n) is 7.73. The molecule has 0 bridgehead atoms. The Bertz CT molecular complexity index is 964. The lowest BCUT2D eigenvalue weighted by atomic mass is 10.2. The van der Waals surface area contributed by atoms with Crippen molar-refractivity contribution in [3.8, 4) is 5.69 Å². The van der Waals surface area contributed by atoms with Gasteiger partial charge in [0.15, 0.2) is 0 Å². The minimum Gasteiger partial charge on any atom is -0.381 e. The summed E-state index contributed by atoms with van der Waals surface area (Å²) in [5.74, 6) is 0. The number of nitrogens with one attached hydrogen (secondary N) is 1. The molecule has 0 fully saturated rings. The molecule has 2 heterocycles. The first-order valence-corrected chi connectivity index (χ1v) is 8.48. The van der Waals surface area contributed by atoms with E-state index in [1.165, 1.54) is 10.9 Å². The molecule has 0 atom stereocenters. The summed E-state index contributed by atoms with van der Waals surface area (Å²) in [7, 11) is 0. The molecule has 1 N–H and O–H groups in total. The van der Waals surface area contributed by atoms with Crippen LogP contribution in [0.2, 0.25) is 10.0 Å². The summed E-state index contributed by atoms with van der Waals surface area (Å²) < 4.78 is 3.05. The summed E-state index contributed by atoms with van der Waals surface area (Å²) in [4.78, 5) is 12.5. The number of halogens is 2. The number of nitrogens with zero attached hydrogens (tertiary/aromatic N) is 4. The lowest BCUT2D eigenvalue weighted by Gasteiger charge is -2.11. The zero-order chi connectivity index (χ0) is 18.0. The van der Waals surface area contributed by atoms with Gasteiger partial charge in [-0.15, -0.1) is 0 Å². The summed E-state index contributed by atoms with van der Waals surface area (Å²) in [6, 6.07) is 5.30. The van der Waals surface area contributed by atoms with Crippen molar-refractivity contribution < 1.29 is 0 Å². The number of anilines is 1. The van der Waals surface area contributed by atoms with Gasteiger partial charge < -0.3 is 5.32 Å². The summed E-state index contributed by atoms with van der Waals surface area (Å²) in [5, 5.41) is 12.2. The van der Waals surface area contributed by atoms with Crippen LogP contribution >= 0.6 is 23.2 Å². The van der Waals surface area contributed by atoms with Crippen molar-refractivity contribution in [1.29, 1.82) is 0 Å². The SMILES string of the molecule is Cc1cnn(CCNc2cnn(-c3ccc(C)c(Cl)c3)c(=O)c2Cl)c1. The van der Waals surface area contributed by atoms with Crippen molar-refractivity contribution in [2.45, 2.75) is 20.4 Å². The summed E-state index contributed by atoms with van der Waals surface area (Å²) in [6.07, 6.45) is 5.27. The highest BCUT2D eigenvalue weighted by atomic mass is 35.5. The third-order valence-electron chi connectivity index (χ3n) is 3.74. The second-order valence-corrected chi connectivity index (χ2v) is 6.52. The van der Waals surface area contributed by atoms with Gasteiger partial charge in [-0.1, -0.05) is 29.3 Å². The van der Waals surface area contributed by atoms with Gasteiger partial charge >= 0.3 is 0 Å². The number of benzene rings is 1. The maximum Gasteiger partial charge on any atom is 0.292 e. The van der Waals surface area contributed by atoms with Gasteiger partial charge in [0, 0.05) is 17.8 Å². The molecule has 2 aromatic heterocycles. The van der Waals surface area contributed by atoms with Gasteiger partial charge in [-0.2, -0.15) is 14.9 Å². The van der Waals surface area contributed by atoms with Crippen molar-refractivity contribution in [2.75, 3.05) is 11.9 Å². The van der Waals surface area contributed by atoms with Gasteiger partial charge in [0.1, 0.15) is 5.02 Å². The van der Waals surface area contributed by atoms with Crippen LogP contribution in [0.25, 0.3) is 5.69 Å². The van der Waals surface area contributed by atoms with Crippen molar-refractivity contribution in [3.05, 3.63) is 68.3 Å². The Balaban J connectivity index is 1.78. The maximum atomic E-state index is 12.5. The first kappa shape index (κ1) is 17.5. The Kier molecular flexibility index (Phi) is 5.11. The molecule has 0 aliphatic rings. The smallest absolute Gasteiger partial charge is 0.292 e. The van der Waals surface area contributed by atoms with E-state index in [1.807, 2.05) is 30.8 Å². The van der Waals surface area contributed by atoms with Crippen molar-refractivity contribution in [2.24, 2.45) is 0 Å². The molecule has 3 aromatic rings. The number of rotatable bonds is 5. The van der Waals surface area contributed by atoms with Crippen LogP contribution in [0.15, 0.2) is 41.6 Å². The quantitative estimate of drug-likeness (QED) is 0.739. The molecule has 0 saturated carbocycles. The van der Waals surface area contributed by atoms with E-state index >= 15 is 0 Å². The normalized spacial score (nSPS) is 10.9. The summed E-state index contributed by atoms with van der Waals surface area (Å²) >= 11 is 12.3. The second-order valence-electron chi connectivity index (χ2n) is 5.73. The molecular formula is C17H17Cl2N5O. The molecule has 0 saturated heterocycles. The Morgan fingerprint density at radius 3 is 2.64 bits per heavy atom. The molecule has 0 spiro atoms. The van der Waals surface area contributed by atoms with E-state index in [0.717, 1.165) is 11.1 Å². The molecule has 0 aliphatic carbocycles. The number of hydrogen-bond acceptors (Lipinski definition) is 4. The van der Waals surface area contributed by atoms with Crippen LogP contribution in [0, 0.1) is 13.8 Å². The minimum absolute atomic E-state index is 0.0864. The van der Waals surface area contributed by atoms with Gasteiger partial charge in [-0.25, -0.2) is 0 Å². The van der Waals surface area contributed by atoms with Crippen LogP contribution in [0.4, 0.5) is 5.69 Å². The molecule has 0 aliphatic heterocycles. The predicted molar refractivity (Wildman–Crippen MR) is 100 cm³/mol. The van der Waals surface area contributed by atoms with Crippen LogP contribution in [-0.4, -0.2) is 26.1 Å². The van der Waals surface area contributed by atoms with Crippen LogP contribution in [0.1, 0.15) is 11.1 Å². The topological polar surface area (TPSA) is 64.7 Å². The van der Waals surface area contributed by atoms with Crippen LogP contribution in [0.3, 0.4) is 0 Å². The van der Waals surface area contributed by atoms with Crippen molar-refractivity contribution in [1.82, 2.24) is 19.6 Å². The Hall–Kier alpha value is -2.31. The van der Waals surface area contributed by atoms with Crippen LogP contribution in [0.5, 0.6) is 0 Å². The minimum atomic E-state index is -0.401. The van der Waals surface area contributed by atoms with Crippen molar-refractivity contribution in [3.63, 3.8) is 0 Å². The molecule has 130 valence electrons. The number of hydrogen-bond donors (Lipinski definition) is 1. The molecule has 0 unspecified atom stereocenters. The van der Waals surface area contributed by atoms with Gasteiger partial charge in [-0.05, 0) is 37.1 Å². The zero-order valence-corrected chi connectivity index (χ0v) is 15.3. The molecular weight excluding hydrogens is 361 g/mol. The van der Waals surface area contributed by atoms with E-state index in [9.17, 15) is 4.79 Å². The highest BCUT2D eigenvalue weighted by Crippen LogP contribution is 2.20. The van der Waals surface area contributed by atoms with Crippen LogP contribution in [-0.2, 0) is 6.54 Å². The van der Waals surface area contributed by atoms with E-state index in [1.54, 1.807) is 18.3 Å². The lowest BCUT2D eigenvalue weighted by molar-refractivity contribution is 0.637. The summed E-state index contributed by atoms with van der Waals surface area (Å²) in [5.41, 5.74) is 2.68. The highest BCUT2D eigenvalue weighted by molar-refractivity contribution is 6.33. The van der Waals surface area contributed by atoms with E-state index in [-0.39, 0.29) is 5.02 Å². The zero-order valence-electron chi connectivity index (χ0n) is 13.8. The average Bonchev–Trinajstić information content (AvgIpc) is 3.00. The van der Waals surface area contributed by atoms with E-state index in [2.05, 4.69) is 15.5 Å². The molecule has 1 aromatic carbocycles. The Morgan fingerprint density at radius 2 is 1.96 bits per heavy atom. The molecule has 6 nitrogen and oxygen atoms in total. The third-order valence-corrected chi connectivity index (χ3v) is 4.51. The largest absolute Gasteiger partial charge is 0.381 e. The average molecular weight is 378 g/mol. The fourth-order valence-electron chi connectivity index (χ4n) is 2.35. The highest BCUT2D eigenvalue weighted by Gasteiger charge is 2.11. The molecule has 0 radical (unpaired) electrons. The predicted octanol–water partition coefficient (Wildman–Crippen LogP) is 3.46. The first-order chi connectivity index (χ1) is 12.0. The monoisotopic (exact) mass is 377 g/mol. The fourth-order valence-corrected chi connectivity index (χ4v) is 2.72. The van der Waals surface area contributed by atoms with Gasteiger partial charge in [0.2, 0.25) is 0 Å². The van der Waals surface area contributed by atoms with E-state index < -0.39 is 5.56 Å². The van der Waals surface area contributed by atoms with Crippen molar-refractivity contribution >= 4 is 28.9 Å². The molecule has 8 heteroatoms. The molecule has 25 heavy (non-hydrogen) atoms. The summed E-state index contributed by atoms with van der Waals surface area (Å²) in [6.45, 7) is 5.10. The molecule has 0 amide bonds. The lowest BCUT2D eigenvalue weighted by Crippen LogP contribution is -2.23. The molecule has 3 rings (SSSR count). The van der Waals surface area contributed by atoms with E-state index in [0.29, 0.717) is 29.5 Å². The number of aryl methyl sites for hydroxylation is 2. The van der Waals surface area contributed by atoms with E-state index in [4.69, 9.17) is 23.2 Å². The maximum absolute atomic E-state index is 12.5. The van der Waals surface area contributed by atoms with Gasteiger partial charge in [0.05, 0.1) is 30.3 Å². The second kappa shape index (κ2) is 7.29. The fraction of sp³-hybridized carbons (Fsp3) is 0.235. The standard InChI is InChI=1S/C17H17Cl2N5O/c1-11-8-21-23(10-11)6-5-20-15-9-22-24(17(25)16(15)19)13-4-3-12(2)14(18)7-13/h3-4,7-10,20H,5-6H2,1-2H3. The van der Waals surface area contributed by atoms with Gasteiger partial charge in [-0.3, -0.25) is 9.48 Å². The van der Waals surface area contributed by atoms with Crippen LogP contribution < -0.4 is 10.9 Å². The Morgan fingerprint density at radius 1 is 1.16 bits per heavy atom. The Labute approximate surface area is 155 Å². The number of aromatic nitrogens is 4. The van der Waals surface area contributed by atoms with Gasteiger partial charge in [0.25, 0.3) is 5.56 Å².